The third-order valence-electron chi connectivity index (χ3n) is 5.42. The van der Waals surface area contributed by atoms with E-state index in [4.69, 9.17) is 21.3 Å². The average Bonchev–Trinajstić information content (AvgIpc) is 2.83. The molecule has 4 nitrogen and oxygen atoms in total. The van der Waals surface area contributed by atoms with Gasteiger partial charge in [0.15, 0.2) is 0 Å². The van der Waals surface area contributed by atoms with Gasteiger partial charge in [-0.1, -0.05) is 72.3 Å². The first-order valence-corrected chi connectivity index (χ1v) is 10.5. The van der Waals surface area contributed by atoms with E-state index in [-0.39, 0.29) is 5.56 Å². The van der Waals surface area contributed by atoms with Crippen molar-refractivity contribution in [2.45, 2.75) is 0 Å². The second-order valence-corrected chi connectivity index (χ2v) is 7.78. The third kappa shape index (κ3) is 3.55. The van der Waals surface area contributed by atoms with E-state index >= 15 is 0 Å². The van der Waals surface area contributed by atoms with Crippen molar-refractivity contribution >= 4 is 45.4 Å². The fourth-order valence-corrected chi connectivity index (χ4v) is 4.06. The van der Waals surface area contributed by atoms with Gasteiger partial charge in [-0.15, -0.1) is 0 Å². The normalized spacial score (nSPS) is 11.4. The first-order valence-electron chi connectivity index (χ1n) is 10.2. The van der Waals surface area contributed by atoms with E-state index < -0.39 is 0 Å². The number of ether oxygens (including phenoxy) is 1. The van der Waals surface area contributed by atoms with Crippen LogP contribution >= 0.6 is 11.6 Å². The summed E-state index contributed by atoms with van der Waals surface area (Å²) in [6.45, 7) is 0. The van der Waals surface area contributed by atoms with Crippen molar-refractivity contribution in [2.75, 3.05) is 7.11 Å². The van der Waals surface area contributed by atoms with E-state index in [1.807, 2.05) is 54.6 Å². The summed E-state index contributed by atoms with van der Waals surface area (Å²) in [5, 5.41) is 3.30. The van der Waals surface area contributed by atoms with Crippen molar-refractivity contribution in [3.63, 3.8) is 0 Å². The summed E-state index contributed by atoms with van der Waals surface area (Å²) in [5.74, 6) is 1.02. The number of methoxy groups -OCH3 is 1. The van der Waals surface area contributed by atoms with Crippen LogP contribution in [0.3, 0.4) is 0 Å². The molecule has 5 heteroatoms. The second kappa shape index (κ2) is 8.33. The fourth-order valence-electron chi connectivity index (χ4n) is 3.89. The summed E-state index contributed by atoms with van der Waals surface area (Å²) >= 11 is 6.28. The molecule has 156 valence electrons. The van der Waals surface area contributed by atoms with Gasteiger partial charge in [-0.05, 0) is 52.7 Å². The van der Waals surface area contributed by atoms with E-state index in [0.717, 1.165) is 16.3 Å². The zero-order valence-corrected chi connectivity index (χ0v) is 18.1. The van der Waals surface area contributed by atoms with Gasteiger partial charge < -0.3 is 4.74 Å². The molecule has 0 atom stereocenters. The number of nitrogens with zero attached hydrogens (tertiary/aromatic N) is 2. The Morgan fingerprint density at radius 3 is 2.47 bits per heavy atom. The molecule has 5 aromatic rings. The minimum Gasteiger partial charge on any atom is -0.495 e. The number of halogens is 1. The Balaban J connectivity index is 1.78. The van der Waals surface area contributed by atoms with E-state index in [1.54, 1.807) is 35.9 Å². The number of benzene rings is 4. The van der Waals surface area contributed by atoms with Gasteiger partial charge in [-0.2, -0.15) is 0 Å². The van der Waals surface area contributed by atoms with E-state index in [2.05, 4.69) is 18.2 Å². The molecule has 0 saturated carbocycles. The van der Waals surface area contributed by atoms with Crippen LogP contribution < -0.4 is 10.3 Å². The lowest BCUT2D eigenvalue weighted by molar-refractivity contribution is 0.412. The standard InChI is InChI=1S/C27H19ClN2O2/c1-32-25-15-14-20(28)17-24(25)30-26(29-23-12-5-4-11-22(23)27(30)31)16-13-19-9-6-8-18-7-2-3-10-21(18)19/h2-17H,1H3. The van der Waals surface area contributed by atoms with Gasteiger partial charge in [0, 0.05) is 5.02 Å². The van der Waals surface area contributed by atoms with Crippen molar-refractivity contribution < 1.29 is 4.74 Å². The van der Waals surface area contributed by atoms with Gasteiger partial charge in [-0.3, -0.25) is 9.36 Å². The van der Waals surface area contributed by atoms with Crippen molar-refractivity contribution in [3.05, 3.63) is 112 Å². The van der Waals surface area contributed by atoms with Gasteiger partial charge in [0.1, 0.15) is 11.6 Å². The van der Waals surface area contributed by atoms with Gasteiger partial charge in [0.2, 0.25) is 0 Å². The zero-order chi connectivity index (χ0) is 22.1. The van der Waals surface area contributed by atoms with Crippen LogP contribution in [-0.4, -0.2) is 16.7 Å². The van der Waals surface area contributed by atoms with Crippen molar-refractivity contribution in [3.8, 4) is 11.4 Å². The molecule has 0 unspecified atom stereocenters. The molecule has 5 rings (SSSR count). The van der Waals surface area contributed by atoms with Crippen LogP contribution in [0.15, 0.2) is 89.7 Å². The lowest BCUT2D eigenvalue weighted by Gasteiger charge is -2.15. The SMILES string of the molecule is COc1ccc(Cl)cc1-n1c(C=Cc2cccc3ccccc23)nc2ccccc2c1=O. The Kier molecular flexibility index (Phi) is 5.21. The predicted molar refractivity (Wildman–Crippen MR) is 132 cm³/mol. The van der Waals surface area contributed by atoms with Gasteiger partial charge in [-0.25, -0.2) is 4.98 Å². The highest BCUT2D eigenvalue weighted by atomic mass is 35.5. The maximum absolute atomic E-state index is 13.5. The quantitative estimate of drug-likeness (QED) is 0.327. The monoisotopic (exact) mass is 438 g/mol. The molecule has 32 heavy (non-hydrogen) atoms. The highest BCUT2D eigenvalue weighted by Gasteiger charge is 2.15. The highest BCUT2D eigenvalue weighted by Crippen LogP contribution is 2.28. The van der Waals surface area contributed by atoms with Crippen LogP contribution in [-0.2, 0) is 0 Å². The second-order valence-electron chi connectivity index (χ2n) is 7.35. The summed E-state index contributed by atoms with van der Waals surface area (Å²) in [6, 6.07) is 26.8. The fraction of sp³-hybridized carbons (Fsp3) is 0.0370. The van der Waals surface area contributed by atoms with Crippen LogP contribution in [0.25, 0.3) is 39.5 Å². The number of para-hydroxylation sites is 1. The molecule has 0 spiro atoms. The summed E-state index contributed by atoms with van der Waals surface area (Å²) in [6.07, 6.45) is 3.84. The third-order valence-corrected chi connectivity index (χ3v) is 5.65. The summed E-state index contributed by atoms with van der Waals surface area (Å²) in [5.41, 5.74) is 2.02. The lowest BCUT2D eigenvalue weighted by atomic mass is 10.0. The molecule has 0 aliphatic carbocycles. The average molecular weight is 439 g/mol. The Hall–Kier alpha value is -3.89. The maximum atomic E-state index is 13.5. The Labute approximate surface area is 190 Å². The summed E-state index contributed by atoms with van der Waals surface area (Å²) in [7, 11) is 1.57. The van der Waals surface area contributed by atoms with E-state index in [9.17, 15) is 4.79 Å². The minimum atomic E-state index is -0.186. The Bertz CT molecular complexity index is 1550. The topological polar surface area (TPSA) is 44.1 Å². The molecule has 0 aliphatic heterocycles. The molecule has 0 amide bonds. The first kappa shape index (κ1) is 20.0. The number of hydrogen-bond acceptors (Lipinski definition) is 3. The molecular formula is C27H19ClN2O2. The van der Waals surface area contributed by atoms with Gasteiger partial charge in [0.25, 0.3) is 5.56 Å². The van der Waals surface area contributed by atoms with Crippen LogP contribution in [0.2, 0.25) is 5.02 Å². The molecule has 0 N–H and O–H groups in total. The molecule has 0 radical (unpaired) electrons. The van der Waals surface area contributed by atoms with Gasteiger partial charge in [0.05, 0.1) is 23.7 Å². The molecule has 4 aromatic carbocycles. The smallest absolute Gasteiger partial charge is 0.266 e. The van der Waals surface area contributed by atoms with Crippen molar-refractivity contribution in [1.29, 1.82) is 0 Å². The highest BCUT2D eigenvalue weighted by molar-refractivity contribution is 6.30. The van der Waals surface area contributed by atoms with Crippen LogP contribution in [0.4, 0.5) is 0 Å². The van der Waals surface area contributed by atoms with Crippen LogP contribution in [0.5, 0.6) is 5.75 Å². The van der Waals surface area contributed by atoms with Crippen LogP contribution in [0.1, 0.15) is 11.4 Å². The molecular weight excluding hydrogens is 420 g/mol. The number of aromatic nitrogens is 2. The van der Waals surface area contributed by atoms with E-state index in [0.29, 0.717) is 33.2 Å². The van der Waals surface area contributed by atoms with Crippen molar-refractivity contribution in [1.82, 2.24) is 9.55 Å². The number of hydrogen-bond donors (Lipinski definition) is 0. The van der Waals surface area contributed by atoms with Crippen LogP contribution in [0, 0.1) is 0 Å². The lowest BCUT2D eigenvalue weighted by Crippen LogP contribution is -2.22. The summed E-state index contributed by atoms with van der Waals surface area (Å²) in [4.78, 5) is 18.3. The Morgan fingerprint density at radius 1 is 0.875 bits per heavy atom. The van der Waals surface area contributed by atoms with Gasteiger partial charge >= 0.3 is 0 Å². The van der Waals surface area contributed by atoms with Crippen molar-refractivity contribution in [2.24, 2.45) is 0 Å². The summed E-state index contributed by atoms with van der Waals surface area (Å²) < 4.78 is 7.08. The largest absolute Gasteiger partial charge is 0.495 e. The molecule has 0 bridgehead atoms. The minimum absolute atomic E-state index is 0.186. The number of fused-ring (bicyclic) bond motifs is 2. The molecule has 0 fully saturated rings. The molecule has 1 aromatic heterocycles. The molecule has 1 heterocycles. The predicted octanol–water partition coefficient (Wildman–Crippen LogP) is 6.37. The molecule has 0 aliphatic rings. The maximum Gasteiger partial charge on any atom is 0.266 e. The number of rotatable bonds is 4. The zero-order valence-electron chi connectivity index (χ0n) is 17.3. The Morgan fingerprint density at radius 2 is 1.62 bits per heavy atom. The molecule has 0 saturated heterocycles. The first-order chi connectivity index (χ1) is 15.7. The van der Waals surface area contributed by atoms with E-state index in [1.165, 1.54) is 0 Å².